The van der Waals surface area contributed by atoms with Crippen molar-refractivity contribution in [2.24, 2.45) is 5.73 Å². The molecule has 16 heavy (non-hydrogen) atoms. The van der Waals surface area contributed by atoms with Crippen LogP contribution in [0.1, 0.15) is 24.9 Å². The summed E-state index contributed by atoms with van der Waals surface area (Å²) in [4.78, 5) is 11.2. The van der Waals surface area contributed by atoms with E-state index in [1.165, 1.54) is 0 Å². The third kappa shape index (κ3) is 4.39. The van der Waals surface area contributed by atoms with Crippen molar-refractivity contribution in [3.63, 3.8) is 0 Å². The van der Waals surface area contributed by atoms with Gasteiger partial charge in [-0.15, -0.1) is 0 Å². The monoisotopic (exact) mass is 262 g/mol. The fraction of sp³-hybridized carbons (Fsp3) is 0.364. The minimum Gasteiger partial charge on any atom is -1.00 e. The first-order valence-corrected chi connectivity index (χ1v) is 5.18. The van der Waals surface area contributed by atoms with Crippen molar-refractivity contribution in [3.05, 3.63) is 34.9 Å². The molecule has 0 aliphatic rings. The topological polar surface area (TPSA) is 52.3 Å². The van der Waals surface area contributed by atoms with Crippen molar-refractivity contribution in [2.45, 2.75) is 19.4 Å². The van der Waals surface area contributed by atoms with Gasteiger partial charge in [-0.2, -0.15) is 0 Å². The molecule has 0 aliphatic carbocycles. The van der Waals surface area contributed by atoms with Gasteiger partial charge in [-0.3, -0.25) is 4.79 Å². The summed E-state index contributed by atoms with van der Waals surface area (Å²) < 4.78 is 4.81. The van der Waals surface area contributed by atoms with Crippen molar-refractivity contribution >= 4 is 17.6 Å². The van der Waals surface area contributed by atoms with E-state index in [-0.39, 0.29) is 24.8 Å². The molecule has 0 heterocycles. The maximum absolute atomic E-state index is 11.2. The largest absolute Gasteiger partial charge is 1.00 e. The quantitative estimate of drug-likeness (QED) is 0.731. The first-order chi connectivity index (χ1) is 7.15. The number of benzene rings is 1. The predicted molar refractivity (Wildman–Crippen MR) is 59.6 cm³/mol. The van der Waals surface area contributed by atoms with Crippen LogP contribution in [0.4, 0.5) is 0 Å². The number of carbonyl (C=O) groups is 1. The summed E-state index contributed by atoms with van der Waals surface area (Å²) in [5.41, 5.74) is 6.61. The highest BCUT2D eigenvalue weighted by molar-refractivity contribution is 6.31. The molecule has 0 saturated heterocycles. The van der Waals surface area contributed by atoms with Crippen molar-refractivity contribution in [2.75, 3.05) is 6.61 Å². The maximum Gasteiger partial charge on any atom is 0.307 e. The van der Waals surface area contributed by atoms with Crippen molar-refractivity contribution in [3.8, 4) is 0 Å². The standard InChI is InChI=1S/C11H14ClNO2.ClH/c1-2-15-11(14)7-10(13)8-5-3-4-6-9(8)12;/h3-6,10H,2,7,13H2,1H3;1H/p-1. The number of ether oxygens (including phenoxy) is 1. The molecule has 90 valence electrons. The van der Waals surface area contributed by atoms with Gasteiger partial charge in [0.05, 0.1) is 13.0 Å². The SMILES string of the molecule is CCOC(=O)CC(N)c1ccccc1Cl.[Cl-]. The summed E-state index contributed by atoms with van der Waals surface area (Å²) in [5, 5.41) is 0.578. The van der Waals surface area contributed by atoms with E-state index >= 15 is 0 Å². The van der Waals surface area contributed by atoms with Gasteiger partial charge < -0.3 is 22.9 Å². The minimum atomic E-state index is -0.405. The van der Waals surface area contributed by atoms with Gasteiger partial charge >= 0.3 is 5.97 Å². The zero-order valence-electron chi connectivity index (χ0n) is 8.95. The lowest BCUT2D eigenvalue weighted by Crippen LogP contribution is -3.00. The molecule has 1 unspecified atom stereocenters. The number of nitrogens with two attached hydrogens (primary N) is 1. The molecular weight excluding hydrogens is 249 g/mol. The van der Waals surface area contributed by atoms with Crippen LogP contribution >= 0.6 is 11.6 Å². The summed E-state index contributed by atoms with van der Waals surface area (Å²) in [5.74, 6) is -0.301. The molecule has 0 bridgehead atoms. The second kappa shape index (κ2) is 7.49. The molecular formula is C11H14Cl2NO2-. The lowest BCUT2D eigenvalue weighted by Gasteiger charge is -2.12. The van der Waals surface area contributed by atoms with Crippen LogP contribution in [0.3, 0.4) is 0 Å². The zero-order valence-corrected chi connectivity index (χ0v) is 10.5. The average molecular weight is 263 g/mol. The van der Waals surface area contributed by atoms with E-state index < -0.39 is 6.04 Å². The summed E-state index contributed by atoms with van der Waals surface area (Å²) in [7, 11) is 0. The van der Waals surface area contributed by atoms with Crippen LogP contribution in [-0.2, 0) is 9.53 Å². The van der Waals surface area contributed by atoms with Gasteiger partial charge in [0.2, 0.25) is 0 Å². The van der Waals surface area contributed by atoms with Crippen LogP contribution < -0.4 is 18.1 Å². The van der Waals surface area contributed by atoms with E-state index in [4.69, 9.17) is 22.1 Å². The fourth-order valence-electron chi connectivity index (χ4n) is 1.29. The second-order valence-corrected chi connectivity index (χ2v) is 3.54. The summed E-state index contributed by atoms with van der Waals surface area (Å²) in [6.45, 7) is 2.13. The smallest absolute Gasteiger partial charge is 0.307 e. The Bertz CT molecular complexity index is 345. The van der Waals surface area contributed by atoms with Gasteiger partial charge in [0, 0.05) is 11.1 Å². The Balaban J connectivity index is 0.00000225. The van der Waals surface area contributed by atoms with E-state index in [0.29, 0.717) is 11.6 Å². The summed E-state index contributed by atoms with van der Waals surface area (Å²) in [6, 6.07) is 6.82. The van der Waals surface area contributed by atoms with Gasteiger partial charge in [0.1, 0.15) is 0 Å². The number of halogens is 2. The number of hydrogen-bond acceptors (Lipinski definition) is 3. The van der Waals surface area contributed by atoms with E-state index in [2.05, 4.69) is 0 Å². The molecule has 3 nitrogen and oxygen atoms in total. The zero-order chi connectivity index (χ0) is 11.3. The third-order valence-electron chi connectivity index (χ3n) is 2.00. The maximum atomic E-state index is 11.2. The summed E-state index contributed by atoms with van der Waals surface area (Å²) in [6.07, 6.45) is 0.150. The molecule has 0 radical (unpaired) electrons. The Morgan fingerprint density at radius 3 is 2.69 bits per heavy atom. The molecule has 0 aromatic heterocycles. The highest BCUT2D eigenvalue weighted by Gasteiger charge is 2.14. The molecule has 5 heteroatoms. The Kier molecular flexibility index (Phi) is 7.13. The Morgan fingerprint density at radius 1 is 1.50 bits per heavy atom. The number of esters is 1. The number of rotatable bonds is 4. The molecule has 0 amide bonds. The molecule has 1 atom stereocenters. The van der Waals surface area contributed by atoms with Crippen LogP contribution in [0.2, 0.25) is 5.02 Å². The lowest BCUT2D eigenvalue weighted by molar-refractivity contribution is -0.143. The van der Waals surface area contributed by atoms with Gasteiger partial charge in [-0.25, -0.2) is 0 Å². The Hall–Kier alpha value is -0.770. The Labute approximate surface area is 106 Å². The van der Waals surface area contributed by atoms with E-state index in [9.17, 15) is 4.79 Å². The van der Waals surface area contributed by atoms with Gasteiger partial charge in [0.15, 0.2) is 0 Å². The van der Waals surface area contributed by atoms with Gasteiger partial charge in [-0.1, -0.05) is 29.8 Å². The third-order valence-corrected chi connectivity index (χ3v) is 2.34. The number of hydrogen-bond donors (Lipinski definition) is 1. The summed E-state index contributed by atoms with van der Waals surface area (Å²) >= 11 is 5.95. The molecule has 1 aromatic carbocycles. The van der Waals surface area contributed by atoms with Crippen LogP contribution in [0.5, 0.6) is 0 Å². The van der Waals surface area contributed by atoms with Crippen LogP contribution in [0.15, 0.2) is 24.3 Å². The highest BCUT2D eigenvalue weighted by Crippen LogP contribution is 2.23. The molecule has 0 spiro atoms. The molecule has 0 saturated carbocycles. The van der Waals surface area contributed by atoms with Crippen molar-refractivity contribution < 1.29 is 21.9 Å². The lowest BCUT2D eigenvalue weighted by atomic mass is 10.1. The first-order valence-electron chi connectivity index (χ1n) is 4.80. The van der Waals surface area contributed by atoms with Crippen LogP contribution in [0, 0.1) is 0 Å². The molecule has 0 aliphatic heterocycles. The molecule has 1 aromatic rings. The van der Waals surface area contributed by atoms with Crippen molar-refractivity contribution in [1.82, 2.24) is 0 Å². The van der Waals surface area contributed by atoms with Crippen LogP contribution in [0.25, 0.3) is 0 Å². The first kappa shape index (κ1) is 15.2. The van der Waals surface area contributed by atoms with E-state index in [1.807, 2.05) is 18.2 Å². The van der Waals surface area contributed by atoms with E-state index in [0.717, 1.165) is 5.56 Å². The number of carbonyl (C=O) groups excluding carboxylic acids is 1. The van der Waals surface area contributed by atoms with Gasteiger partial charge in [0.25, 0.3) is 0 Å². The second-order valence-electron chi connectivity index (χ2n) is 3.14. The molecule has 1 rings (SSSR count). The van der Waals surface area contributed by atoms with Crippen molar-refractivity contribution in [1.29, 1.82) is 0 Å². The molecule has 2 N–H and O–H groups in total. The highest BCUT2D eigenvalue weighted by atomic mass is 35.5. The van der Waals surface area contributed by atoms with Gasteiger partial charge in [-0.05, 0) is 18.6 Å². The predicted octanol–water partition coefficient (Wildman–Crippen LogP) is -0.703. The van der Waals surface area contributed by atoms with Crippen LogP contribution in [-0.4, -0.2) is 12.6 Å². The fourth-order valence-corrected chi connectivity index (χ4v) is 1.56. The van der Waals surface area contributed by atoms with E-state index in [1.54, 1.807) is 13.0 Å². The molecule has 0 fully saturated rings. The normalized spacial score (nSPS) is 11.4. The average Bonchev–Trinajstić information content (AvgIpc) is 2.18. The minimum absolute atomic E-state index is 0. The Morgan fingerprint density at radius 2 is 2.12 bits per heavy atom.